The minimum atomic E-state index is -0.722. The van der Waals surface area contributed by atoms with Crippen LogP contribution >= 0.6 is 23.2 Å². The van der Waals surface area contributed by atoms with Crippen LogP contribution in [0.15, 0.2) is 48.0 Å². The number of likely N-dealkylation sites (tertiary alicyclic amines) is 1. The third-order valence-electron chi connectivity index (χ3n) is 4.61. The fraction of sp³-hybridized carbons (Fsp3) is 0.238. The fourth-order valence-corrected chi connectivity index (χ4v) is 3.63. The Balaban J connectivity index is 2.19. The molecule has 28 heavy (non-hydrogen) atoms. The number of aliphatic hydroxyl groups excluding tert-OH is 1. The van der Waals surface area contributed by atoms with E-state index in [-0.39, 0.29) is 11.3 Å². The summed E-state index contributed by atoms with van der Waals surface area (Å²) in [5, 5.41) is 11.9. The highest BCUT2D eigenvalue weighted by Gasteiger charge is 2.45. The van der Waals surface area contributed by atoms with Crippen LogP contribution in [-0.4, -0.2) is 35.4 Å². The number of hydrogen-bond acceptors (Lipinski definition) is 4. The van der Waals surface area contributed by atoms with Crippen LogP contribution < -0.4 is 4.74 Å². The number of Topliss-reactive ketones (excluding diaryl/α,β-unsaturated/α-hetero) is 1. The molecule has 0 aromatic heterocycles. The molecule has 1 N–H and O–H groups in total. The summed E-state index contributed by atoms with van der Waals surface area (Å²) in [5.41, 5.74) is 1.07. The lowest BCUT2D eigenvalue weighted by atomic mass is 9.95. The van der Waals surface area contributed by atoms with E-state index in [4.69, 9.17) is 27.9 Å². The molecule has 2 aromatic rings. The SMILES string of the molecule is CCCN1C(=O)C(=O)/C(=C(\O)c2ccc(Cl)c(OC)c2)C1c1ccc(Cl)cc1. The molecule has 0 bridgehead atoms. The van der Waals surface area contributed by atoms with Crippen LogP contribution in [0.1, 0.15) is 30.5 Å². The van der Waals surface area contributed by atoms with Crippen LogP contribution in [0.25, 0.3) is 5.76 Å². The van der Waals surface area contributed by atoms with Gasteiger partial charge in [0.05, 0.1) is 23.7 Å². The molecule has 1 fully saturated rings. The average Bonchev–Trinajstić information content (AvgIpc) is 2.94. The quantitative estimate of drug-likeness (QED) is 0.427. The molecule has 1 atom stereocenters. The summed E-state index contributed by atoms with van der Waals surface area (Å²) in [6.07, 6.45) is 0.673. The Kier molecular flexibility index (Phi) is 5.96. The molecular formula is C21H19Cl2NO4. The first-order chi connectivity index (χ1) is 13.4. The lowest BCUT2D eigenvalue weighted by molar-refractivity contribution is -0.139. The van der Waals surface area contributed by atoms with E-state index in [1.54, 1.807) is 36.4 Å². The normalized spacial score (nSPS) is 18.6. The topological polar surface area (TPSA) is 66.8 Å². The number of ether oxygens (including phenoxy) is 1. The molecule has 0 aliphatic carbocycles. The second kappa shape index (κ2) is 8.25. The lowest BCUT2D eigenvalue weighted by Crippen LogP contribution is -2.30. The number of ketones is 1. The van der Waals surface area contributed by atoms with Crippen molar-refractivity contribution in [1.82, 2.24) is 4.90 Å². The van der Waals surface area contributed by atoms with Crippen LogP contribution in [0.3, 0.4) is 0 Å². The molecule has 1 aliphatic heterocycles. The van der Waals surface area contributed by atoms with E-state index in [1.807, 2.05) is 6.92 Å². The van der Waals surface area contributed by atoms with Gasteiger partial charge in [-0.1, -0.05) is 42.3 Å². The van der Waals surface area contributed by atoms with Crippen molar-refractivity contribution in [2.24, 2.45) is 0 Å². The molecule has 1 amide bonds. The molecule has 2 aromatic carbocycles. The van der Waals surface area contributed by atoms with Gasteiger partial charge in [0, 0.05) is 17.1 Å². The van der Waals surface area contributed by atoms with Gasteiger partial charge in [-0.05, 0) is 42.3 Å². The first-order valence-corrected chi connectivity index (χ1v) is 9.52. The maximum Gasteiger partial charge on any atom is 0.295 e. The third kappa shape index (κ3) is 3.60. The number of benzene rings is 2. The van der Waals surface area contributed by atoms with Gasteiger partial charge in [-0.25, -0.2) is 0 Å². The van der Waals surface area contributed by atoms with Gasteiger partial charge < -0.3 is 14.7 Å². The number of amides is 1. The zero-order valence-corrected chi connectivity index (χ0v) is 16.9. The highest BCUT2D eigenvalue weighted by molar-refractivity contribution is 6.46. The van der Waals surface area contributed by atoms with Gasteiger partial charge in [0.15, 0.2) is 0 Å². The number of nitrogens with zero attached hydrogens (tertiary/aromatic N) is 1. The van der Waals surface area contributed by atoms with Crippen molar-refractivity contribution in [2.75, 3.05) is 13.7 Å². The molecule has 5 nitrogen and oxygen atoms in total. The van der Waals surface area contributed by atoms with E-state index in [0.717, 1.165) is 0 Å². The van der Waals surface area contributed by atoms with Gasteiger partial charge in [-0.2, -0.15) is 0 Å². The van der Waals surface area contributed by atoms with Crippen molar-refractivity contribution in [3.05, 3.63) is 69.2 Å². The summed E-state index contributed by atoms with van der Waals surface area (Å²) in [6, 6.07) is 10.8. The number of halogens is 2. The Labute approximate surface area is 173 Å². The van der Waals surface area contributed by atoms with Crippen molar-refractivity contribution in [2.45, 2.75) is 19.4 Å². The molecule has 3 rings (SSSR count). The van der Waals surface area contributed by atoms with E-state index >= 15 is 0 Å². The Morgan fingerprint density at radius 2 is 1.82 bits per heavy atom. The predicted octanol–water partition coefficient (Wildman–Crippen LogP) is 4.83. The van der Waals surface area contributed by atoms with Gasteiger partial charge in [0.1, 0.15) is 11.5 Å². The van der Waals surface area contributed by atoms with E-state index in [1.165, 1.54) is 18.1 Å². The fourth-order valence-electron chi connectivity index (χ4n) is 3.31. The van der Waals surface area contributed by atoms with Crippen LogP contribution in [0.5, 0.6) is 5.75 Å². The van der Waals surface area contributed by atoms with Crippen molar-refractivity contribution in [3.63, 3.8) is 0 Å². The molecule has 0 radical (unpaired) electrons. The molecule has 1 aliphatic rings. The maximum atomic E-state index is 12.8. The van der Waals surface area contributed by atoms with Gasteiger partial charge in [0.25, 0.3) is 11.7 Å². The zero-order chi connectivity index (χ0) is 20.4. The molecule has 7 heteroatoms. The van der Waals surface area contributed by atoms with E-state index in [0.29, 0.717) is 39.9 Å². The highest BCUT2D eigenvalue weighted by atomic mass is 35.5. The van der Waals surface area contributed by atoms with Gasteiger partial charge in [-0.15, -0.1) is 0 Å². The summed E-state index contributed by atoms with van der Waals surface area (Å²) in [4.78, 5) is 26.9. The van der Waals surface area contributed by atoms with Crippen molar-refractivity contribution in [1.29, 1.82) is 0 Å². The van der Waals surface area contributed by atoms with E-state index < -0.39 is 17.7 Å². The highest BCUT2D eigenvalue weighted by Crippen LogP contribution is 2.40. The minimum Gasteiger partial charge on any atom is -0.507 e. The second-order valence-electron chi connectivity index (χ2n) is 6.39. The molecule has 1 saturated heterocycles. The van der Waals surface area contributed by atoms with Gasteiger partial charge >= 0.3 is 0 Å². The monoisotopic (exact) mass is 419 g/mol. The Hall–Kier alpha value is -2.50. The third-order valence-corrected chi connectivity index (χ3v) is 5.18. The second-order valence-corrected chi connectivity index (χ2v) is 7.24. The molecular weight excluding hydrogens is 401 g/mol. The Morgan fingerprint density at radius 1 is 1.14 bits per heavy atom. The van der Waals surface area contributed by atoms with Gasteiger partial charge in [0.2, 0.25) is 0 Å². The minimum absolute atomic E-state index is 0.0325. The summed E-state index contributed by atoms with van der Waals surface area (Å²) in [5.74, 6) is -1.27. The summed E-state index contributed by atoms with van der Waals surface area (Å²) in [7, 11) is 1.46. The van der Waals surface area contributed by atoms with Crippen molar-refractivity contribution < 1.29 is 19.4 Å². The maximum absolute atomic E-state index is 12.8. The smallest absolute Gasteiger partial charge is 0.295 e. The van der Waals surface area contributed by atoms with E-state index in [2.05, 4.69) is 0 Å². The molecule has 1 unspecified atom stereocenters. The average molecular weight is 420 g/mol. The van der Waals surface area contributed by atoms with Crippen LogP contribution in [0, 0.1) is 0 Å². The molecule has 0 spiro atoms. The number of aliphatic hydroxyl groups is 1. The predicted molar refractivity (Wildman–Crippen MR) is 109 cm³/mol. The number of carbonyl (C=O) groups excluding carboxylic acids is 2. The van der Waals surface area contributed by atoms with Crippen molar-refractivity contribution >= 4 is 40.7 Å². The Morgan fingerprint density at radius 3 is 2.43 bits per heavy atom. The standard InChI is InChI=1S/C21H19Cl2NO4/c1-3-10-24-18(12-4-7-14(22)8-5-12)17(20(26)21(24)27)19(25)13-6-9-15(23)16(11-13)28-2/h4-9,11,18,25H,3,10H2,1-2H3/b19-17-. The Bertz CT molecular complexity index is 953. The summed E-state index contributed by atoms with van der Waals surface area (Å²) in [6.45, 7) is 2.31. The first-order valence-electron chi connectivity index (χ1n) is 8.76. The van der Waals surface area contributed by atoms with Crippen molar-refractivity contribution in [3.8, 4) is 5.75 Å². The zero-order valence-electron chi connectivity index (χ0n) is 15.4. The van der Waals surface area contributed by atoms with Gasteiger partial charge in [-0.3, -0.25) is 9.59 Å². The van der Waals surface area contributed by atoms with Crippen LogP contribution in [0.4, 0.5) is 0 Å². The molecule has 1 heterocycles. The lowest BCUT2D eigenvalue weighted by Gasteiger charge is -2.25. The van der Waals surface area contributed by atoms with Crippen LogP contribution in [0.2, 0.25) is 10.0 Å². The summed E-state index contributed by atoms with van der Waals surface area (Å²) >= 11 is 12.0. The largest absolute Gasteiger partial charge is 0.507 e. The number of carbonyl (C=O) groups is 2. The number of rotatable bonds is 5. The first kappa shape index (κ1) is 20.2. The summed E-state index contributed by atoms with van der Waals surface area (Å²) < 4.78 is 5.19. The number of hydrogen-bond donors (Lipinski definition) is 1. The molecule has 146 valence electrons. The molecule has 0 saturated carbocycles. The van der Waals surface area contributed by atoms with Crippen LogP contribution in [-0.2, 0) is 9.59 Å². The number of methoxy groups -OCH3 is 1. The van der Waals surface area contributed by atoms with E-state index in [9.17, 15) is 14.7 Å².